The highest BCUT2D eigenvalue weighted by molar-refractivity contribution is 7.91. The zero-order chi connectivity index (χ0) is 13.3. The summed E-state index contributed by atoms with van der Waals surface area (Å²) in [6.07, 6.45) is 1.49. The molecule has 1 aromatic carbocycles. The van der Waals surface area contributed by atoms with Gasteiger partial charge in [0, 0.05) is 5.92 Å². The summed E-state index contributed by atoms with van der Waals surface area (Å²) in [7, 11) is -4.71. The minimum Gasteiger partial charge on any atom is -0.325 e. The SMILES string of the molecule is O=C(Nc1ccccc1S(=O)(=O)C(F)F)C1CC1. The Kier molecular flexibility index (Phi) is 3.34. The van der Waals surface area contributed by atoms with Crippen molar-refractivity contribution in [2.75, 3.05) is 5.32 Å². The number of carbonyl (C=O) groups is 1. The van der Waals surface area contributed by atoms with Gasteiger partial charge in [0.25, 0.3) is 0 Å². The minimum absolute atomic E-state index is 0.0882. The maximum atomic E-state index is 12.5. The summed E-state index contributed by atoms with van der Waals surface area (Å²) in [6, 6.07) is 5.18. The van der Waals surface area contributed by atoms with Gasteiger partial charge in [0.15, 0.2) is 0 Å². The highest BCUT2D eigenvalue weighted by Gasteiger charge is 2.33. The number of nitrogens with one attached hydrogen (secondary N) is 1. The molecular weight excluding hydrogens is 264 g/mol. The zero-order valence-corrected chi connectivity index (χ0v) is 10.1. The topological polar surface area (TPSA) is 63.2 Å². The van der Waals surface area contributed by atoms with Crippen molar-refractivity contribution >= 4 is 21.4 Å². The summed E-state index contributed by atoms with van der Waals surface area (Å²) in [5, 5.41) is 2.38. The van der Waals surface area contributed by atoms with Crippen LogP contribution in [-0.4, -0.2) is 20.1 Å². The van der Waals surface area contributed by atoms with E-state index in [1.165, 1.54) is 18.2 Å². The third-order valence-corrected chi connectivity index (χ3v) is 4.07. The Morgan fingerprint density at radius 2 is 1.89 bits per heavy atom. The number of benzene rings is 1. The van der Waals surface area contributed by atoms with Crippen molar-refractivity contribution in [3.05, 3.63) is 24.3 Å². The fraction of sp³-hybridized carbons (Fsp3) is 0.364. The van der Waals surface area contributed by atoms with Crippen LogP contribution in [-0.2, 0) is 14.6 Å². The Balaban J connectivity index is 2.33. The average molecular weight is 275 g/mol. The number of alkyl halides is 2. The Morgan fingerprint density at radius 1 is 1.28 bits per heavy atom. The van der Waals surface area contributed by atoms with E-state index in [0.717, 1.165) is 18.9 Å². The first-order valence-electron chi connectivity index (χ1n) is 5.35. The van der Waals surface area contributed by atoms with Gasteiger partial charge in [-0.25, -0.2) is 8.42 Å². The van der Waals surface area contributed by atoms with Gasteiger partial charge in [-0.3, -0.25) is 4.79 Å². The van der Waals surface area contributed by atoms with Crippen LogP contribution in [0.2, 0.25) is 0 Å². The molecule has 1 fully saturated rings. The van der Waals surface area contributed by atoms with Gasteiger partial charge in [-0.1, -0.05) is 12.1 Å². The molecule has 0 spiro atoms. The van der Waals surface area contributed by atoms with Crippen molar-refractivity contribution in [2.45, 2.75) is 23.5 Å². The lowest BCUT2D eigenvalue weighted by molar-refractivity contribution is -0.117. The van der Waals surface area contributed by atoms with Crippen LogP contribution in [0.1, 0.15) is 12.8 Å². The number of carbonyl (C=O) groups excluding carboxylic acids is 1. The molecule has 1 aromatic rings. The van der Waals surface area contributed by atoms with Crippen LogP contribution < -0.4 is 5.32 Å². The lowest BCUT2D eigenvalue weighted by Gasteiger charge is -2.10. The molecule has 0 aromatic heterocycles. The van der Waals surface area contributed by atoms with E-state index in [-0.39, 0.29) is 17.5 Å². The molecule has 1 aliphatic carbocycles. The number of halogens is 2. The smallest absolute Gasteiger partial charge is 0.325 e. The Hall–Kier alpha value is -1.50. The molecule has 0 radical (unpaired) electrons. The maximum absolute atomic E-state index is 12.5. The van der Waals surface area contributed by atoms with Gasteiger partial charge in [0.1, 0.15) is 0 Å². The molecule has 98 valence electrons. The number of anilines is 1. The van der Waals surface area contributed by atoms with E-state index in [2.05, 4.69) is 5.32 Å². The van der Waals surface area contributed by atoms with Crippen molar-refractivity contribution in [1.29, 1.82) is 0 Å². The van der Waals surface area contributed by atoms with Crippen LogP contribution in [0, 0.1) is 5.92 Å². The molecule has 7 heteroatoms. The Morgan fingerprint density at radius 3 is 2.44 bits per heavy atom. The Labute approximate surface area is 103 Å². The number of hydrogen-bond acceptors (Lipinski definition) is 3. The van der Waals surface area contributed by atoms with Gasteiger partial charge in [0.05, 0.1) is 10.6 Å². The number of hydrogen-bond donors (Lipinski definition) is 1. The fourth-order valence-electron chi connectivity index (χ4n) is 1.49. The standard InChI is InChI=1S/C11H11F2NO3S/c12-11(13)18(16,17)9-4-2-1-3-8(9)14-10(15)7-5-6-7/h1-4,7,11H,5-6H2,(H,14,15). The molecule has 1 amide bonds. The highest BCUT2D eigenvalue weighted by Crippen LogP contribution is 2.32. The van der Waals surface area contributed by atoms with Crippen LogP contribution >= 0.6 is 0 Å². The number of amides is 1. The van der Waals surface area contributed by atoms with E-state index >= 15 is 0 Å². The van der Waals surface area contributed by atoms with E-state index in [1.54, 1.807) is 0 Å². The molecule has 4 nitrogen and oxygen atoms in total. The Bertz CT molecular complexity index is 567. The number of sulfone groups is 1. The second kappa shape index (κ2) is 4.64. The summed E-state index contributed by atoms with van der Waals surface area (Å²) in [5.41, 5.74) is -0.0882. The lowest BCUT2D eigenvalue weighted by Crippen LogP contribution is -2.18. The molecule has 18 heavy (non-hydrogen) atoms. The first-order valence-corrected chi connectivity index (χ1v) is 6.89. The molecule has 1 aliphatic rings. The molecule has 0 aliphatic heterocycles. The number of para-hydroxylation sites is 1. The van der Waals surface area contributed by atoms with Gasteiger partial charge in [-0.15, -0.1) is 0 Å². The van der Waals surface area contributed by atoms with E-state index in [1.807, 2.05) is 0 Å². The second-order valence-corrected chi connectivity index (χ2v) is 5.95. The molecule has 0 heterocycles. The summed E-state index contributed by atoms with van der Waals surface area (Å²) in [5.74, 6) is -3.96. The summed E-state index contributed by atoms with van der Waals surface area (Å²) in [4.78, 5) is 11.0. The molecule has 0 bridgehead atoms. The van der Waals surface area contributed by atoms with Crippen LogP contribution in [0.5, 0.6) is 0 Å². The van der Waals surface area contributed by atoms with E-state index in [0.29, 0.717) is 0 Å². The van der Waals surface area contributed by atoms with Crippen LogP contribution in [0.4, 0.5) is 14.5 Å². The fourth-order valence-corrected chi connectivity index (χ4v) is 2.38. The van der Waals surface area contributed by atoms with Crippen molar-refractivity contribution < 1.29 is 22.0 Å². The van der Waals surface area contributed by atoms with Crippen molar-refractivity contribution in [1.82, 2.24) is 0 Å². The van der Waals surface area contributed by atoms with Crippen molar-refractivity contribution in [2.24, 2.45) is 5.92 Å². The monoisotopic (exact) mass is 275 g/mol. The first kappa shape index (κ1) is 12.9. The van der Waals surface area contributed by atoms with Gasteiger partial charge in [-0.2, -0.15) is 8.78 Å². The normalized spacial score (nSPS) is 15.7. The molecular formula is C11H11F2NO3S. The third kappa shape index (κ3) is 2.50. The summed E-state index contributed by atoms with van der Waals surface area (Å²) in [6.45, 7) is 0. The van der Waals surface area contributed by atoms with Gasteiger partial charge in [-0.05, 0) is 25.0 Å². The molecule has 0 atom stereocenters. The minimum atomic E-state index is -4.71. The average Bonchev–Trinajstić information content (AvgIpc) is 3.13. The predicted octanol–water partition coefficient (Wildman–Crippen LogP) is 2.03. The first-order chi connectivity index (χ1) is 8.43. The van der Waals surface area contributed by atoms with Crippen molar-refractivity contribution in [3.63, 3.8) is 0 Å². The number of rotatable bonds is 4. The molecule has 0 unspecified atom stereocenters. The van der Waals surface area contributed by atoms with Gasteiger partial charge < -0.3 is 5.32 Å². The molecule has 2 rings (SSSR count). The lowest BCUT2D eigenvalue weighted by atomic mass is 10.3. The van der Waals surface area contributed by atoms with Gasteiger partial charge >= 0.3 is 5.76 Å². The highest BCUT2D eigenvalue weighted by atomic mass is 32.2. The van der Waals surface area contributed by atoms with E-state index < -0.39 is 20.5 Å². The van der Waals surface area contributed by atoms with Crippen LogP contribution in [0.3, 0.4) is 0 Å². The van der Waals surface area contributed by atoms with E-state index in [9.17, 15) is 22.0 Å². The predicted molar refractivity (Wildman–Crippen MR) is 61.0 cm³/mol. The van der Waals surface area contributed by atoms with Gasteiger partial charge in [0.2, 0.25) is 15.7 Å². The largest absolute Gasteiger partial charge is 0.341 e. The summed E-state index contributed by atoms with van der Waals surface area (Å²) >= 11 is 0. The van der Waals surface area contributed by atoms with Crippen molar-refractivity contribution in [3.8, 4) is 0 Å². The molecule has 1 saturated carbocycles. The zero-order valence-electron chi connectivity index (χ0n) is 9.27. The second-order valence-electron chi connectivity index (χ2n) is 4.07. The summed E-state index contributed by atoms with van der Waals surface area (Å²) < 4.78 is 47.8. The third-order valence-electron chi connectivity index (χ3n) is 2.63. The quantitative estimate of drug-likeness (QED) is 0.914. The molecule has 0 saturated heterocycles. The van der Waals surface area contributed by atoms with E-state index in [4.69, 9.17) is 0 Å². The van der Waals surface area contributed by atoms with Crippen LogP contribution in [0.25, 0.3) is 0 Å². The van der Waals surface area contributed by atoms with Crippen LogP contribution in [0.15, 0.2) is 29.2 Å². The molecule has 1 N–H and O–H groups in total. The maximum Gasteiger partial charge on any atom is 0.341 e.